The second kappa shape index (κ2) is 4.26. The zero-order valence-electron chi connectivity index (χ0n) is 12.4. The number of hydrogen-bond donors (Lipinski definition) is 0. The third kappa shape index (κ3) is 1.63. The van der Waals surface area contributed by atoms with E-state index < -0.39 is 0 Å². The smallest absolute Gasteiger partial charge is 0.231 e. The molecule has 0 aliphatic carbocycles. The summed E-state index contributed by atoms with van der Waals surface area (Å²) >= 11 is 0. The van der Waals surface area contributed by atoms with E-state index in [9.17, 15) is 4.79 Å². The zero-order chi connectivity index (χ0) is 15.6. The van der Waals surface area contributed by atoms with E-state index in [2.05, 4.69) is 0 Å². The number of rotatable bonds is 0. The average molecular weight is 304 g/mol. The molecule has 4 heteroatoms. The van der Waals surface area contributed by atoms with Gasteiger partial charge in [-0.05, 0) is 42.1 Å². The largest absolute Gasteiger partial charge is 0.455 e. The molecule has 0 radical (unpaired) electrons. The van der Waals surface area contributed by atoms with Crippen molar-refractivity contribution in [2.75, 3.05) is 6.79 Å². The number of hydrogen-bond acceptors (Lipinski definition) is 4. The molecule has 1 aliphatic rings. The Hall–Kier alpha value is -3.01. The minimum atomic E-state index is -0.00971. The lowest BCUT2D eigenvalue weighted by Gasteiger charge is -2.07. The topological polar surface area (TPSA) is 48.7 Å². The number of fused-ring (bicyclic) bond motifs is 5. The van der Waals surface area contributed by atoms with E-state index in [4.69, 9.17) is 13.9 Å². The SMILES string of the molecule is Cc1cccc2c(=O)c3ccc4cc5c(cc4c3oc12)OCO5. The average Bonchev–Trinajstić information content (AvgIpc) is 3.01. The monoisotopic (exact) mass is 304 g/mol. The Labute approximate surface area is 130 Å². The highest BCUT2D eigenvalue weighted by Gasteiger charge is 2.17. The zero-order valence-corrected chi connectivity index (χ0v) is 12.4. The van der Waals surface area contributed by atoms with Gasteiger partial charge in [-0.3, -0.25) is 4.79 Å². The van der Waals surface area contributed by atoms with Gasteiger partial charge in [0.1, 0.15) is 11.2 Å². The Morgan fingerprint density at radius 3 is 2.52 bits per heavy atom. The van der Waals surface area contributed by atoms with Crippen molar-refractivity contribution in [3.63, 3.8) is 0 Å². The number of ether oxygens (including phenoxy) is 2. The minimum Gasteiger partial charge on any atom is -0.455 e. The quantitative estimate of drug-likeness (QED) is 0.362. The van der Waals surface area contributed by atoms with Gasteiger partial charge < -0.3 is 13.9 Å². The van der Waals surface area contributed by atoms with Crippen molar-refractivity contribution >= 4 is 32.7 Å². The highest BCUT2D eigenvalue weighted by molar-refractivity contribution is 6.07. The van der Waals surface area contributed by atoms with Crippen molar-refractivity contribution in [2.24, 2.45) is 0 Å². The van der Waals surface area contributed by atoms with E-state index >= 15 is 0 Å². The summed E-state index contributed by atoms with van der Waals surface area (Å²) in [5.74, 6) is 1.40. The first-order chi connectivity index (χ1) is 11.2. The fraction of sp³-hybridized carbons (Fsp3) is 0.105. The van der Waals surface area contributed by atoms with Gasteiger partial charge in [-0.25, -0.2) is 0 Å². The van der Waals surface area contributed by atoms with Gasteiger partial charge in [0, 0.05) is 5.39 Å². The van der Waals surface area contributed by atoms with Crippen molar-refractivity contribution in [3.05, 3.63) is 58.3 Å². The van der Waals surface area contributed by atoms with Crippen molar-refractivity contribution in [1.29, 1.82) is 0 Å². The molecular weight excluding hydrogens is 292 g/mol. The summed E-state index contributed by atoms with van der Waals surface area (Å²) in [7, 11) is 0. The summed E-state index contributed by atoms with van der Waals surface area (Å²) < 4.78 is 17.0. The number of para-hydroxylation sites is 1. The summed E-state index contributed by atoms with van der Waals surface area (Å²) in [6.07, 6.45) is 0. The van der Waals surface area contributed by atoms with E-state index in [1.165, 1.54) is 0 Å². The Morgan fingerprint density at radius 2 is 1.65 bits per heavy atom. The van der Waals surface area contributed by atoms with Crippen LogP contribution in [0, 0.1) is 6.92 Å². The Balaban J connectivity index is 2.02. The van der Waals surface area contributed by atoms with Gasteiger partial charge in [0.05, 0.1) is 10.8 Å². The van der Waals surface area contributed by atoms with Crippen LogP contribution >= 0.6 is 0 Å². The lowest BCUT2D eigenvalue weighted by Crippen LogP contribution is -2.02. The first-order valence-corrected chi connectivity index (χ1v) is 7.41. The van der Waals surface area contributed by atoms with E-state index in [1.807, 2.05) is 43.3 Å². The molecule has 0 saturated heterocycles. The van der Waals surface area contributed by atoms with Crippen molar-refractivity contribution in [2.45, 2.75) is 6.92 Å². The summed E-state index contributed by atoms with van der Waals surface area (Å²) in [5.41, 5.74) is 2.16. The Bertz CT molecular complexity index is 1170. The second-order valence-electron chi connectivity index (χ2n) is 5.75. The maximum atomic E-state index is 12.8. The van der Waals surface area contributed by atoms with E-state index in [0.29, 0.717) is 27.7 Å². The van der Waals surface area contributed by atoms with E-state index in [-0.39, 0.29) is 12.2 Å². The van der Waals surface area contributed by atoms with Crippen LogP contribution in [0.4, 0.5) is 0 Å². The van der Waals surface area contributed by atoms with Crippen LogP contribution in [-0.4, -0.2) is 6.79 Å². The van der Waals surface area contributed by atoms with Gasteiger partial charge in [-0.1, -0.05) is 18.2 Å². The van der Waals surface area contributed by atoms with Crippen LogP contribution in [-0.2, 0) is 0 Å². The molecule has 0 spiro atoms. The van der Waals surface area contributed by atoms with Crippen LogP contribution in [0.15, 0.2) is 51.7 Å². The van der Waals surface area contributed by atoms with Crippen LogP contribution in [0.3, 0.4) is 0 Å². The molecular formula is C19H12O4. The molecule has 0 fully saturated rings. The first-order valence-electron chi connectivity index (χ1n) is 7.41. The molecule has 1 aliphatic heterocycles. The third-order valence-electron chi connectivity index (χ3n) is 4.37. The van der Waals surface area contributed by atoms with Gasteiger partial charge in [-0.15, -0.1) is 0 Å². The summed E-state index contributed by atoms with van der Waals surface area (Å²) in [6, 6.07) is 13.1. The highest BCUT2D eigenvalue weighted by Crippen LogP contribution is 2.38. The van der Waals surface area contributed by atoms with Gasteiger partial charge in [-0.2, -0.15) is 0 Å². The molecule has 23 heavy (non-hydrogen) atoms. The summed E-state index contributed by atoms with van der Waals surface area (Å²) in [4.78, 5) is 12.8. The second-order valence-corrected chi connectivity index (χ2v) is 5.75. The van der Waals surface area contributed by atoms with E-state index in [1.54, 1.807) is 6.07 Å². The molecule has 0 unspecified atom stereocenters. The predicted octanol–water partition coefficient (Wildman–Crippen LogP) is 4.14. The van der Waals surface area contributed by atoms with Crippen molar-refractivity contribution in [1.82, 2.24) is 0 Å². The molecule has 4 aromatic rings. The Kier molecular flexibility index (Phi) is 2.32. The molecule has 0 N–H and O–H groups in total. The van der Waals surface area contributed by atoms with Crippen molar-refractivity contribution in [3.8, 4) is 11.5 Å². The maximum absolute atomic E-state index is 12.8. The normalized spacial score (nSPS) is 13.3. The van der Waals surface area contributed by atoms with Gasteiger partial charge >= 0.3 is 0 Å². The molecule has 0 amide bonds. The van der Waals surface area contributed by atoms with Gasteiger partial charge in [0.25, 0.3) is 0 Å². The fourth-order valence-corrected chi connectivity index (χ4v) is 3.19. The van der Waals surface area contributed by atoms with Crippen molar-refractivity contribution < 1.29 is 13.9 Å². The van der Waals surface area contributed by atoms with Gasteiger partial charge in [0.2, 0.25) is 12.2 Å². The Morgan fingerprint density at radius 1 is 0.870 bits per heavy atom. The van der Waals surface area contributed by atoms with Crippen LogP contribution in [0.25, 0.3) is 32.7 Å². The van der Waals surface area contributed by atoms with E-state index in [0.717, 1.165) is 22.1 Å². The molecule has 0 atom stereocenters. The van der Waals surface area contributed by atoms with Crippen LogP contribution in [0.1, 0.15) is 5.56 Å². The fourth-order valence-electron chi connectivity index (χ4n) is 3.19. The van der Waals surface area contributed by atoms with Gasteiger partial charge in [0.15, 0.2) is 11.5 Å². The number of aryl methyl sites for hydroxylation is 1. The van der Waals surface area contributed by atoms with Crippen LogP contribution < -0.4 is 14.9 Å². The molecule has 1 aromatic heterocycles. The van der Waals surface area contributed by atoms with Crippen LogP contribution in [0.2, 0.25) is 0 Å². The predicted molar refractivity (Wildman–Crippen MR) is 88.4 cm³/mol. The molecule has 5 rings (SSSR count). The standard InChI is InChI=1S/C19H12O4/c1-10-3-2-4-12-17(20)13-6-5-11-7-15-16(22-9-21-15)8-14(11)19(13)23-18(10)12/h2-8H,9H2,1H3. The molecule has 112 valence electrons. The third-order valence-corrected chi connectivity index (χ3v) is 4.37. The maximum Gasteiger partial charge on any atom is 0.231 e. The summed E-state index contributed by atoms with van der Waals surface area (Å²) in [6.45, 7) is 2.16. The highest BCUT2D eigenvalue weighted by atomic mass is 16.7. The number of benzene rings is 3. The summed E-state index contributed by atoms with van der Waals surface area (Å²) in [5, 5.41) is 3.00. The molecule has 4 nitrogen and oxygen atoms in total. The minimum absolute atomic E-state index is 0.00971. The van der Waals surface area contributed by atoms with Crippen LogP contribution in [0.5, 0.6) is 11.5 Å². The molecule has 2 heterocycles. The molecule has 3 aromatic carbocycles. The molecule has 0 bridgehead atoms. The lowest BCUT2D eigenvalue weighted by molar-refractivity contribution is 0.174. The molecule has 0 saturated carbocycles. The first kappa shape index (κ1) is 12.5. The lowest BCUT2D eigenvalue weighted by atomic mass is 10.0.